The minimum absolute atomic E-state index is 0.00542. The molecule has 0 aliphatic carbocycles. The molecule has 0 bridgehead atoms. The van der Waals surface area contributed by atoms with Crippen molar-refractivity contribution in [1.82, 2.24) is 0 Å². The van der Waals surface area contributed by atoms with Crippen LogP contribution in [0.4, 0.5) is 8.78 Å². The number of halogens is 2. The maximum atomic E-state index is 13.7. The molecule has 7 heteroatoms. The number of benzene rings is 1. The highest BCUT2D eigenvalue weighted by Crippen LogP contribution is 2.19. The summed E-state index contributed by atoms with van der Waals surface area (Å²) in [7, 11) is 0. The summed E-state index contributed by atoms with van der Waals surface area (Å²) in [5.41, 5.74) is -0.995. The first-order valence-electron chi connectivity index (χ1n) is 5.45. The van der Waals surface area contributed by atoms with E-state index in [-0.39, 0.29) is 5.56 Å². The van der Waals surface area contributed by atoms with Gasteiger partial charge in [0.2, 0.25) is 0 Å². The number of aryl methyl sites for hydroxylation is 1. The number of aliphatic hydroxyl groups excluding tert-OH is 4. The van der Waals surface area contributed by atoms with E-state index >= 15 is 0 Å². The number of rotatable bonds is 5. The number of carbonyl (C=O) groups excluding carboxylic acids is 1. The van der Waals surface area contributed by atoms with Crippen molar-refractivity contribution < 1.29 is 34.0 Å². The number of hydrogen-bond donors (Lipinski definition) is 4. The van der Waals surface area contributed by atoms with Crippen LogP contribution in [-0.2, 0) is 0 Å². The average Bonchev–Trinajstić information content (AvgIpc) is 2.40. The van der Waals surface area contributed by atoms with E-state index in [4.69, 9.17) is 10.2 Å². The Bertz CT molecular complexity index is 477. The monoisotopic (exact) mass is 276 g/mol. The molecule has 19 heavy (non-hydrogen) atoms. The van der Waals surface area contributed by atoms with E-state index in [9.17, 15) is 23.8 Å². The number of Topliss-reactive ketones (excluding diaryl/α,β-unsaturated/α-hetero) is 1. The molecule has 106 valence electrons. The number of aliphatic hydroxyl groups is 4. The van der Waals surface area contributed by atoms with Crippen molar-refractivity contribution in [3.63, 3.8) is 0 Å². The Kier molecular flexibility index (Phi) is 5.07. The second-order valence-corrected chi connectivity index (χ2v) is 4.10. The Hall–Kier alpha value is -1.41. The Labute approximate surface area is 107 Å². The fraction of sp³-hybridized carbons (Fsp3) is 0.417. The van der Waals surface area contributed by atoms with Crippen LogP contribution in [0.25, 0.3) is 0 Å². The van der Waals surface area contributed by atoms with Crippen LogP contribution in [0.1, 0.15) is 15.9 Å². The Morgan fingerprint density at radius 3 is 2.37 bits per heavy atom. The van der Waals surface area contributed by atoms with E-state index in [0.29, 0.717) is 0 Å². The van der Waals surface area contributed by atoms with Crippen molar-refractivity contribution in [2.75, 3.05) is 6.61 Å². The van der Waals surface area contributed by atoms with Gasteiger partial charge in [0.1, 0.15) is 29.9 Å². The summed E-state index contributed by atoms with van der Waals surface area (Å²) in [5, 5.41) is 36.5. The Balaban J connectivity index is 3.11. The van der Waals surface area contributed by atoms with E-state index in [0.717, 1.165) is 12.1 Å². The molecule has 0 aliphatic rings. The molecule has 0 aromatic heterocycles. The van der Waals surface area contributed by atoms with Crippen LogP contribution in [0.3, 0.4) is 0 Å². The third-order valence-corrected chi connectivity index (χ3v) is 2.70. The van der Waals surface area contributed by atoms with Crippen molar-refractivity contribution in [3.8, 4) is 0 Å². The molecule has 0 fully saturated rings. The molecule has 4 N–H and O–H groups in total. The van der Waals surface area contributed by atoms with Gasteiger partial charge in [0.25, 0.3) is 0 Å². The maximum Gasteiger partial charge on any atom is 0.199 e. The van der Waals surface area contributed by atoms with Crippen LogP contribution in [-0.4, -0.2) is 51.1 Å². The third kappa shape index (κ3) is 3.13. The minimum Gasteiger partial charge on any atom is -0.394 e. The van der Waals surface area contributed by atoms with Gasteiger partial charge in [0.15, 0.2) is 5.78 Å². The highest BCUT2D eigenvalue weighted by molar-refractivity contribution is 6.00. The first-order chi connectivity index (χ1) is 8.81. The van der Waals surface area contributed by atoms with Crippen LogP contribution < -0.4 is 0 Å². The smallest absolute Gasteiger partial charge is 0.199 e. The minimum atomic E-state index is -2.24. The predicted octanol–water partition coefficient (Wildman–Crippen LogP) is -0.469. The molecule has 0 unspecified atom stereocenters. The zero-order valence-corrected chi connectivity index (χ0v) is 10.0. The van der Waals surface area contributed by atoms with Crippen LogP contribution in [0.2, 0.25) is 0 Å². The van der Waals surface area contributed by atoms with Crippen LogP contribution in [0.5, 0.6) is 0 Å². The van der Waals surface area contributed by atoms with Gasteiger partial charge in [-0.1, -0.05) is 6.07 Å². The molecule has 0 saturated heterocycles. The van der Waals surface area contributed by atoms with Gasteiger partial charge in [0.05, 0.1) is 12.2 Å². The van der Waals surface area contributed by atoms with E-state index in [1.807, 2.05) is 0 Å². The fourth-order valence-corrected chi connectivity index (χ4v) is 1.50. The lowest BCUT2D eigenvalue weighted by atomic mass is 9.97. The van der Waals surface area contributed by atoms with E-state index in [1.54, 1.807) is 0 Å². The molecule has 1 aromatic rings. The highest BCUT2D eigenvalue weighted by atomic mass is 19.1. The summed E-state index contributed by atoms with van der Waals surface area (Å²) >= 11 is 0. The zero-order chi connectivity index (χ0) is 14.7. The quantitative estimate of drug-likeness (QED) is 0.545. The van der Waals surface area contributed by atoms with Crippen molar-refractivity contribution in [1.29, 1.82) is 0 Å². The summed E-state index contributed by atoms with van der Waals surface area (Å²) in [5.74, 6) is -3.73. The molecule has 5 nitrogen and oxygen atoms in total. The lowest BCUT2D eigenvalue weighted by Gasteiger charge is -2.21. The number of ketones is 1. The zero-order valence-electron chi connectivity index (χ0n) is 10.0. The van der Waals surface area contributed by atoms with Gasteiger partial charge in [0, 0.05) is 0 Å². The number of carbonyl (C=O) groups is 1. The topological polar surface area (TPSA) is 98.0 Å². The SMILES string of the molecule is Cc1ccc(F)c(C(=O)[C@H](O)[C@H](O)[C@H](O)CO)c1F. The molecule has 0 saturated carbocycles. The largest absolute Gasteiger partial charge is 0.394 e. The van der Waals surface area contributed by atoms with Crippen LogP contribution in [0, 0.1) is 18.6 Å². The maximum absolute atomic E-state index is 13.7. The van der Waals surface area contributed by atoms with Crippen molar-refractivity contribution in [2.24, 2.45) is 0 Å². The molecule has 0 radical (unpaired) electrons. The first kappa shape index (κ1) is 15.6. The summed E-state index contributed by atoms with van der Waals surface area (Å²) in [4.78, 5) is 11.7. The van der Waals surface area contributed by atoms with E-state index < -0.39 is 47.9 Å². The van der Waals surface area contributed by atoms with Gasteiger partial charge in [-0.05, 0) is 18.6 Å². The molecule has 1 aromatic carbocycles. The van der Waals surface area contributed by atoms with Gasteiger partial charge in [-0.25, -0.2) is 8.78 Å². The third-order valence-electron chi connectivity index (χ3n) is 2.70. The summed E-state index contributed by atoms with van der Waals surface area (Å²) in [6.45, 7) is 0.390. The second kappa shape index (κ2) is 6.16. The molecule has 1 rings (SSSR count). The van der Waals surface area contributed by atoms with Crippen molar-refractivity contribution >= 4 is 5.78 Å². The lowest BCUT2D eigenvalue weighted by Crippen LogP contribution is -2.44. The predicted molar refractivity (Wildman–Crippen MR) is 60.5 cm³/mol. The Morgan fingerprint density at radius 1 is 1.26 bits per heavy atom. The fourth-order valence-electron chi connectivity index (χ4n) is 1.50. The first-order valence-corrected chi connectivity index (χ1v) is 5.45. The molecular weight excluding hydrogens is 262 g/mol. The summed E-state index contributed by atoms with van der Waals surface area (Å²) < 4.78 is 27.1. The molecule has 0 aliphatic heterocycles. The van der Waals surface area contributed by atoms with Gasteiger partial charge < -0.3 is 20.4 Å². The normalized spacial score (nSPS) is 15.9. The lowest BCUT2D eigenvalue weighted by molar-refractivity contribution is -0.0647. The number of hydrogen-bond acceptors (Lipinski definition) is 5. The highest BCUT2D eigenvalue weighted by Gasteiger charge is 2.33. The van der Waals surface area contributed by atoms with Gasteiger partial charge in [-0.2, -0.15) is 0 Å². The van der Waals surface area contributed by atoms with E-state index in [2.05, 4.69) is 0 Å². The molecule has 3 atom stereocenters. The molecule has 0 amide bonds. The van der Waals surface area contributed by atoms with Gasteiger partial charge in [-0.15, -0.1) is 0 Å². The summed E-state index contributed by atoms with van der Waals surface area (Å²) in [6.07, 6.45) is -6.08. The van der Waals surface area contributed by atoms with Crippen LogP contribution >= 0.6 is 0 Å². The summed E-state index contributed by atoms with van der Waals surface area (Å²) in [6, 6.07) is 1.97. The molecule has 0 spiro atoms. The van der Waals surface area contributed by atoms with Crippen molar-refractivity contribution in [3.05, 3.63) is 34.9 Å². The van der Waals surface area contributed by atoms with E-state index in [1.165, 1.54) is 6.92 Å². The van der Waals surface area contributed by atoms with Crippen LogP contribution in [0.15, 0.2) is 12.1 Å². The molecular formula is C12H14F2O5. The van der Waals surface area contributed by atoms with Gasteiger partial charge in [-0.3, -0.25) is 4.79 Å². The van der Waals surface area contributed by atoms with Crippen molar-refractivity contribution in [2.45, 2.75) is 25.2 Å². The standard InChI is InChI=1S/C12H14F2O5/c1-5-2-3-6(13)8(9(5)14)11(18)12(19)10(17)7(16)4-15/h2-3,7,10,12,15-17,19H,4H2,1H3/t7-,10-,12-/m1/s1. The average molecular weight is 276 g/mol. The second-order valence-electron chi connectivity index (χ2n) is 4.10. The van der Waals surface area contributed by atoms with Gasteiger partial charge >= 0.3 is 0 Å². The Morgan fingerprint density at radius 2 is 1.84 bits per heavy atom. The molecule has 0 heterocycles.